The molecule has 0 aromatic heterocycles. The summed E-state index contributed by atoms with van der Waals surface area (Å²) in [5, 5.41) is 9.32. The molecule has 7 heteroatoms. The van der Waals surface area contributed by atoms with Gasteiger partial charge in [0.25, 0.3) is 0 Å². The first-order valence-electron chi connectivity index (χ1n) is 5.50. The van der Waals surface area contributed by atoms with Gasteiger partial charge >= 0.3 is 6.36 Å². The normalized spacial score (nSPS) is 37.5. The number of hydrogen-bond acceptors (Lipinski definition) is 4. The zero-order valence-corrected chi connectivity index (χ0v) is 9.16. The van der Waals surface area contributed by atoms with Crippen molar-refractivity contribution in [3.8, 4) is 0 Å². The molecule has 3 aliphatic rings. The minimum Gasteiger partial charge on any atom is -0.394 e. The number of carbonyl (C=O) groups is 1. The molecule has 0 aromatic carbocycles. The van der Waals surface area contributed by atoms with Crippen molar-refractivity contribution in [2.75, 3.05) is 26.3 Å². The van der Waals surface area contributed by atoms with Gasteiger partial charge in [0.15, 0.2) is 5.78 Å². The van der Waals surface area contributed by atoms with Crippen LogP contribution in [-0.4, -0.2) is 54.0 Å². The van der Waals surface area contributed by atoms with E-state index in [1.165, 1.54) is 0 Å². The number of rotatable bonds is 3. The number of Topliss-reactive ketones (excluding diaryl/α,β-unsaturated/α-hetero) is 1. The van der Waals surface area contributed by atoms with Crippen LogP contribution >= 0.6 is 0 Å². The van der Waals surface area contributed by atoms with Gasteiger partial charge in [0.05, 0.1) is 13.2 Å². The lowest BCUT2D eigenvalue weighted by Gasteiger charge is -2.51. The van der Waals surface area contributed by atoms with E-state index in [0.717, 1.165) is 0 Å². The van der Waals surface area contributed by atoms with Crippen LogP contribution in [0, 0.1) is 5.92 Å². The summed E-state index contributed by atoms with van der Waals surface area (Å²) in [4.78, 5) is 13.6. The van der Waals surface area contributed by atoms with E-state index in [4.69, 9.17) is 0 Å². The van der Waals surface area contributed by atoms with Gasteiger partial charge in [0.2, 0.25) is 0 Å². The molecule has 0 spiro atoms. The third kappa shape index (κ3) is 2.19. The highest BCUT2D eigenvalue weighted by Gasteiger charge is 2.54. The van der Waals surface area contributed by atoms with Crippen molar-refractivity contribution in [3.05, 3.63) is 0 Å². The Morgan fingerprint density at radius 3 is 2.41 bits per heavy atom. The number of carbonyl (C=O) groups excluding carboxylic acids is 1. The van der Waals surface area contributed by atoms with Crippen molar-refractivity contribution in [3.63, 3.8) is 0 Å². The van der Waals surface area contributed by atoms with Gasteiger partial charge in [-0.3, -0.25) is 14.4 Å². The number of ether oxygens (including phenoxy) is 1. The summed E-state index contributed by atoms with van der Waals surface area (Å²) >= 11 is 0. The average molecular weight is 253 g/mol. The van der Waals surface area contributed by atoms with E-state index >= 15 is 0 Å². The number of aliphatic hydroxyl groups excluding tert-OH is 1. The molecule has 1 N–H and O–H groups in total. The summed E-state index contributed by atoms with van der Waals surface area (Å²) in [7, 11) is 0. The second-order valence-electron chi connectivity index (χ2n) is 4.55. The molecular formula is C10H14F3NO3. The molecule has 0 amide bonds. The van der Waals surface area contributed by atoms with Gasteiger partial charge in [0.1, 0.15) is 5.54 Å². The van der Waals surface area contributed by atoms with E-state index in [0.29, 0.717) is 25.9 Å². The smallest absolute Gasteiger partial charge is 0.394 e. The van der Waals surface area contributed by atoms with E-state index < -0.39 is 25.1 Å². The van der Waals surface area contributed by atoms with Gasteiger partial charge in [-0.25, -0.2) is 0 Å². The molecule has 17 heavy (non-hydrogen) atoms. The number of nitrogens with zero attached hydrogens (tertiary/aromatic N) is 1. The Morgan fingerprint density at radius 2 is 2.00 bits per heavy atom. The zero-order chi connectivity index (χ0) is 12.7. The van der Waals surface area contributed by atoms with Crippen molar-refractivity contribution in [2.24, 2.45) is 5.92 Å². The predicted molar refractivity (Wildman–Crippen MR) is 51.1 cm³/mol. The summed E-state index contributed by atoms with van der Waals surface area (Å²) in [6, 6.07) is 0. The van der Waals surface area contributed by atoms with E-state index in [1.807, 2.05) is 0 Å². The number of aliphatic hydroxyl groups is 1. The van der Waals surface area contributed by atoms with Gasteiger partial charge in [-0.2, -0.15) is 0 Å². The highest BCUT2D eigenvalue weighted by atomic mass is 19.4. The van der Waals surface area contributed by atoms with Crippen LogP contribution in [0.3, 0.4) is 0 Å². The van der Waals surface area contributed by atoms with Gasteiger partial charge < -0.3 is 5.11 Å². The number of halogens is 3. The molecule has 3 rings (SSSR count). The maximum absolute atomic E-state index is 12.1. The molecule has 3 heterocycles. The molecule has 0 aromatic rings. The molecule has 3 saturated heterocycles. The lowest BCUT2D eigenvalue weighted by Crippen LogP contribution is -2.69. The molecule has 2 bridgehead atoms. The minimum atomic E-state index is -4.78. The standard InChI is InChI=1S/C10H14F3NO3/c11-10(12,13)17-6-9(5-15)8(16)7-1-3-14(9)4-2-7/h7,15H,1-6H2. The lowest BCUT2D eigenvalue weighted by atomic mass is 9.74. The fraction of sp³-hybridized carbons (Fsp3) is 0.900. The van der Waals surface area contributed by atoms with Gasteiger partial charge in [0, 0.05) is 5.92 Å². The fourth-order valence-corrected chi connectivity index (χ4v) is 2.69. The second-order valence-corrected chi connectivity index (χ2v) is 4.55. The molecule has 1 unspecified atom stereocenters. The Kier molecular flexibility index (Phi) is 3.17. The maximum atomic E-state index is 12.1. The molecule has 98 valence electrons. The zero-order valence-electron chi connectivity index (χ0n) is 9.16. The Morgan fingerprint density at radius 1 is 1.41 bits per heavy atom. The van der Waals surface area contributed by atoms with Gasteiger partial charge in [-0.05, 0) is 25.9 Å². The Balaban J connectivity index is 2.15. The van der Waals surface area contributed by atoms with Crippen LogP contribution in [-0.2, 0) is 9.53 Å². The molecule has 0 aliphatic carbocycles. The molecule has 4 nitrogen and oxygen atoms in total. The predicted octanol–water partition coefficient (Wildman–Crippen LogP) is 0.549. The quantitative estimate of drug-likeness (QED) is 0.798. The molecule has 0 saturated carbocycles. The number of ketones is 1. The summed E-state index contributed by atoms with van der Waals surface area (Å²) in [5.74, 6) is -0.550. The molecule has 3 fully saturated rings. The van der Waals surface area contributed by atoms with Crippen molar-refractivity contribution in [1.82, 2.24) is 4.90 Å². The summed E-state index contributed by atoms with van der Waals surface area (Å²) < 4.78 is 39.9. The number of piperidine rings is 3. The number of hydrogen-bond donors (Lipinski definition) is 1. The average Bonchev–Trinajstić information content (AvgIpc) is 2.29. The van der Waals surface area contributed by atoms with E-state index in [-0.39, 0.29) is 11.7 Å². The first kappa shape index (κ1) is 12.8. The van der Waals surface area contributed by atoms with Gasteiger partial charge in [-0.15, -0.1) is 13.2 Å². The Bertz CT molecular complexity index is 312. The van der Waals surface area contributed by atoms with Crippen LogP contribution in [0.5, 0.6) is 0 Å². The first-order valence-corrected chi connectivity index (χ1v) is 5.50. The third-order valence-electron chi connectivity index (χ3n) is 3.67. The maximum Gasteiger partial charge on any atom is 0.522 e. The molecule has 1 atom stereocenters. The van der Waals surface area contributed by atoms with Crippen LogP contribution in [0.1, 0.15) is 12.8 Å². The summed E-state index contributed by atoms with van der Waals surface area (Å²) in [5.41, 5.74) is -1.49. The van der Waals surface area contributed by atoms with Crippen LogP contribution in [0.4, 0.5) is 13.2 Å². The van der Waals surface area contributed by atoms with Crippen LogP contribution < -0.4 is 0 Å². The van der Waals surface area contributed by atoms with Crippen molar-refractivity contribution >= 4 is 5.78 Å². The molecular weight excluding hydrogens is 239 g/mol. The SMILES string of the molecule is O=C1C2CCN(CC2)C1(CO)COC(F)(F)F. The lowest BCUT2D eigenvalue weighted by molar-refractivity contribution is -0.334. The first-order chi connectivity index (χ1) is 7.89. The summed E-state index contributed by atoms with van der Waals surface area (Å²) in [6.45, 7) is -0.364. The van der Waals surface area contributed by atoms with Crippen LogP contribution in [0.15, 0.2) is 0 Å². The van der Waals surface area contributed by atoms with Crippen LogP contribution in [0.2, 0.25) is 0 Å². The number of fused-ring (bicyclic) bond motifs is 3. The van der Waals surface area contributed by atoms with E-state index in [2.05, 4.69) is 4.74 Å². The minimum absolute atomic E-state index is 0.232. The summed E-state index contributed by atoms with van der Waals surface area (Å²) in [6.07, 6.45) is -3.46. The molecule has 0 radical (unpaired) electrons. The van der Waals surface area contributed by atoms with Crippen molar-refractivity contribution in [1.29, 1.82) is 0 Å². The Hall–Kier alpha value is -0.660. The van der Waals surface area contributed by atoms with Crippen LogP contribution in [0.25, 0.3) is 0 Å². The molecule has 3 aliphatic heterocycles. The highest BCUT2D eigenvalue weighted by Crippen LogP contribution is 2.37. The van der Waals surface area contributed by atoms with Gasteiger partial charge in [-0.1, -0.05) is 0 Å². The second kappa shape index (κ2) is 4.22. The van der Waals surface area contributed by atoms with Crippen molar-refractivity contribution in [2.45, 2.75) is 24.7 Å². The topological polar surface area (TPSA) is 49.8 Å². The highest BCUT2D eigenvalue weighted by molar-refractivity contribution is 5.92. The fourth-order valence-electron chi connectivity index (χ4n) is 2.69. The largest absolute Gasteiger partial charge is 0.522 e. The number of alkyl halides is 3. The van der Waals surface area contributed by atoms with Crippen molar-refractivity contribution < 1.29 is 27.8 Å². The monoisotopic (exact) mass is 253 g/mol. The Labute approximate surface area is 96.3 Å². The van der Waals surface area contributed by atoms with E-state index in [9.17, 15) is 23.1 Å². The third-order valence-corrected chi connectivity index (χ3v) is 3.67. The van der Waals surface area contributed by atoms with E-state index in [1.54, 1.807) is 4.90 Å².